The van der Waals surface area contributed by atoms with Crippen LogP contribution >= 0.6 is 0 Å². The summed E-state index contributed by atoms with van der Waals surface area (Å²) in [7, 11) is 0. The van der Waals surface area contributed by atoms with Crippen molar-refractivity contribution in [3.8, 4) is 0 Å². The fraction of sp³-hybridized carbons (Fsp3) is 0. The lowest BCUT2D eigenvalue weighted by Crippen LogP contribution is -1.84. The quantitative estimate of drug-likeness (QED) is 0.300. The van der Waals surface area contributed by atoms with Crippen LogP contribution in [0.1, 0.15) is 0 Å². The predicted molar refractivity (Wildman–Crippen MR) is 95.3 cm³/mol. The molecule has 22 heavy (non-hydrogen) atoms. The Morgan fingerprint density at radius 1 is 0.500 bits per heavy atom. The van der Waals surface area contributed by atoms with E-state index in [4.69, 9.17) is 0 Å². The number of hydrogen-bond donors (Lipinski definition) is 0. The summed E-state index contributed by atoms with van der Waals surface area (Å²) in [5.41, 5.74) is 0. The second kappa shape index (κ2) is 4.32. The van der Waals surface area contributed by atoms with Crippen LogP contribution in [0.4, 0.5) is 0 Å². The first-order valence-electron chi connectivity index (χ1n) is 7.56. The smallest absolute Gasteiger partial charge is 0.00139 e. The van der Waals surface area contributed by atoms with Gasteiger partial charge in [0.05, 0.1) is 0 Å². The lowest BCUT2D eigenvalue weighted by atomic mass is 9.91. The van der Waals surface area contributed by atoms with Crippen molar-refractivity contribution >= 4 is 43.1 Å². The van der Waals surface area contributed by atoms with E-state index >= 15 is 0 Å². The van der Waals surface area contributed by atoms with Crippen molar-refractivity contribution in [2.24, 2.45) is 0 Å². The topological polar surface area (TPSA) is 0 Å². The molecule has 0 aliphatic carbocycles. The van der Waals surface area contributed by atoms with Crippen LogP contribution in [0.15, 0.2) is 78.9 Å². The Morgan fingerprint density at radius 3 is 2.05 bits per heavy atom. The van der Waals surface area contributed by atoms with Gasteiger partial charge in [-0.15, -0.1) is 0 Å². The molecule has 0 aliphatic rings. The molecule has 0 aromatic heterocycles. The van der Waals surface area contributed by atoms with E-state index in [0.29, 0.717) is 0 Å². The molecular formula is C22H13. The fourth-order valence-electron chi connectivity index (χ4n) is 3.59. The maximum Gasteiger partial charge on any atom is -0.00139 e. The molecule has 0 amide bonds. The summed E-state index contributed by atoms with van der Waals surface area (Å²) >= 11 is 0. The van der Waals surface area contributed by atoms with Gasteiger partial charge in [0.25, 0.3) is 0 Å². The Kier molecular flexibility index (Phi) is 2.31. The summed E-state index contributed by atoms with van der Waals surface area (Å²) in [5.74, 6) is 0. The van der Waals surface area contributed by atoms with Crippen molar-refractivity contribution in [1.82, 2.24) is 0 Å². The highest BCUT2D eigenvalue weighted by Crippen LogP contribution is 2.38. The van der Waals surface area contributed by atoms with Crippen molar-refractivity contribution in [2.75, 3.05) is 0 Å². The zero-order valence-corrected chi connectivity index (χ0v) is 12.0. The van der Waals surface area contributed by atoms with Crippen LogP contribution in [0.25, 0.3) is 43.1 Å². The van der Waals surface area contributed by atoms with Crippen LogP contribution in [-0.2, 0) is 0 Å². The number of hydrogen-bond acceptors (Lipinski definition) is 0. The lowest BCUT2D eigenvalue weighted by Gasteiger charge is -2.12. The standard InChI is InChI=1S/C22H13/c1-2-8-16-15(7-1)13-14-21-19-11-4-3-9-17(19)18-10-5-6-12-20(18)22(16)21/h1-11,13-14H. The average Bonchev–Trinajstić information content (AvgIpc) is 2.61. The normalized spacial score (nSPS) is 11.6. The van der Waals surface area contributed by atoms with Gasteiger partial charge in [-0.3, -0.25) is 0 Å². The molecule has 0 fully saturated rings. The van der Waals surface area contributed by atoms with Gasteiger partial charge in [0, 0.05) is 0 Å². The van der Waals surface area contributed by atoms with Gasteiger partial charge in [0.15, 0.2) is 0 Å². The fourth-order valence-corrected chi connectivity index (χ4v) is 3.59. The SMILES string of the molecule is [c]1cccc2c1c1c3ccccc3ccc1c1ccccc21. The molecule has 0 bridgehead atoms. The second-order valence-electron chi connectivity index (χ2n) is 5.71. The van der Waals surface area contributed by atoms with Gasteiger partial charge in [-0.05, 0) is 49.2 Å². The molecule has 0 N–H and O–H groups in total. The molecular weight excluding hydrogens is 264 g/mol. The third kappa shape index (κ3) is 1.47. The molecule has 0 heterocycles. The first-order chi connectivity index (χ1) is 10.9. The highest BCUT2D eigenvalue weighted by atomic mass is 14.1. The van der Waals surface area contributed by atoms with E-state index < -0.39 is 0 Å². The Morgan fingerprint density at radius 2 is 1.18 bits per heavy atom. The van der Waals surface area contributed by atoms with Gasteiger partial charge >= 0.3 is 0 Å². The third-order valence-electron chi connectivity index (χ3n) is 4.54. The van der Waals surface area contributed by atoms with Gasteiger partial charge in [0.2, 0.25) is 0 Å². The molecule has 101 valence electrons. The summed E-state index contributed by atoms with van der Waals surface area (Å²) in [6.07, 6.45) is 0. The minimum Gasteiger partial charge on any atom is -0.0616 e. The third-order valence-corrected chi connectivity index (χ3v) is 4.54. The molecule has 0 aliphatic heterocycles. The minimum absolute atomic E-state index is 1.22. The van der Waals surface area contributed by atoms with Gasteiger partial charge in [0.1, 0.15) is 0 Å². The van der Waals surface area contributed by atoms with Crippen molar-refractivity contribution in [3.63, 3.8) is 0 Å². The monoisotopic (exact) mass is 277 g/mol. The van der Waals surface area contributed by atoms with Gasteiger partial charge in [-0.25, -0.2) is 0 Å². The van der Waals surface area contributed by atoms with Gasteiger partial charge < -0.3 is 0 Å². The lowest BCUT2D eigenvalue weighted by molar-refractivity contribution is 1.77. The maximum absolute atomic E-state index is 3.48. The van der Waals surface area contributed by atoms with Crippen molar-refractivity contribution < 1.29 is 0 Å². The van der Waals surface area contributed by atoms with E-state index in [1.54, 1.807) is 0 Å². The van der Waals surface area contributed by atoms with E-state index in [-0.39, 0.29) is 0 Å². The highest BCUT2D eigenvalue weighted by molar-refractivity contribution is 6.31. The molecule has 5 aromatic carbocycles. The molecule has 5 rings (SSSR count). The van der Waals surface area contributed by atoms with E-state index in [2.05, 4.69) is 78.9 Å². The maximum atomic E-state index is 3.48. The van der Waals surface area contributed by atoms with E-state index in [1.807, 2.05) is 6.07 Å². The molecule has 0 saturated heterocycles. The summed E-state index contributed by atoms with van der Waals surface area (Å²) in [5, 5.41) is 10.3. The van der Waals surface area contributed by atoms with Crippen LogP contribution in [0.2, 0.25) is 0 Å². The summed E-state index contributed by atoms with van der Waals surface area (Å²) in [6.45, 7) is 0. The van der Waals surface area contributed by atoms with Crippen LogP contribution in [0.3, 0.4) is 0 Å². The highest BCUT2D eigenvalue weighted by Gasteiger charge is 2.10. The predicted octanol–water partition coefficient (Wildman–Crippen LogP) is 6.10. The van der Waals surface area contributed by atoms with Crippen molar-refractivity contribution in [2.45, 2.75) is 0 Å². The van der Waals surface area contributed by atoms with Crippen LogP contribution in [0.5, 0.6) is 0 Å². The molecule has 0 spiro atoms. The van der Waals surface area contributed by atoms with E-state index in [0.717, 1.165) is 0 Å². The number of rotatable bonds is 0. The van der Waals surface area contributed by atoms with E-state index in [1.165, 1.54) is 43.1 Å². The molecule has 0 saturated carbocycles. The average molecular weight is 277 g/mol. The Balaban J connectivity index is 2.24. The van der Waals surface area contributed by atoms with Crippen LogP contribution in [-0.4, -0.2) is 0 Å². The Bertz CT molecular complexity index is 1120. The largest absolute Gasteiger partial charge is 0.0616 e. The zero-order chi connectivity index (χ0) is 14.5. The van der Waals surface area contributed by atoms with Crippen molar-refractivity contribution in [3.05, 3.63) is 84.9 Å². The Labute approximate surface area is 128 Å². The number of fused-ring (bicyclic) bond motifs is 8. The number of benzene rings is 5. The first-order valence-corrected chi connectivity index (χ1v) is 7.56. The molecule has 5 aromatic rings. The molecule has 0 nitrogen and oxygen atoms in total. The van der Waals surface area contributed by atoms with Crippen molar-refractivity contribution in [1.29, 1.82) is 0 Å². The summed E-state index contributed by atoms with van der Waals surface area (Å²) < 4.78 is 0. The first kappa shape index (κ1) is 11.8. The summed E-state index contributed by atoms with van der Waals surface area (Å²) in [4.78, 5) is 0. The Hall–Kier alpha value is -2.86. The molecule has 0 unspecified atom stereocenters. The zero-order valence-electron chi connectivity index (χ0n) is 12.0. The van der Waals surface area contributed by atoms with Gasteiger partial charge in [-0.1, -0.05) is 78.9 Å². The minimum atomic E-state index is 1.22. The molecule has 0 atom stereocenters. The molecule has 1 radical (unpaired) electrons. The molecule has 0 heteroatoms. The van der Waals surface area contributed by atoms with Gasteiger partial charge in [-0.2, -0.15) is 0 Å². The second-order valence-corrected chi connectivity index (χ2v) is 5.71. The van der Waals surface area contributed by atoms with E-state index in [9.17, 15) is 0 Å². The summed E-state index contributed by atoms with van der Waals surface area (Å²) in [6, 6.07) is 31.5. The van der Waals surface area contributed by atoms with Crippen LogP contribution in [0, 0.1) is 6.07 Å². The van der Waals surface area contributed by atoms with Crippen LogP contribution < -0.4 is 0 Å².